The van der Waals surface area contributed by atoms with E-state index in [1.54, 1.807) is 11.3 Å². The van der Waals surface area contributed by atoms with Gasteiger partial charge in [0.1, 0.15) is 4.83 Å². The first-order valence-electron chi connectivity index (χ1n) is 6.50. The zero-order chi connectivity index (χ0) is 14.3. The molecule has 0 saturated carbocycles. The second-order valence-electron chi connectivity index (χ2n) is 5.16. The predicted molar refractivity (Wildman–Crippen MR) is 81.3 cm³/mol. The highest BCUT2D eigenvalue weighted by atomic mass is 32.2. The van der Waals surface area contributed by atoms with Gasteiger partial charge in [0.25, 0.3) is 5.56 Å². The van der Waals surface area contributed by atoms with Crippen molar-refractivity contribution in [2.45, 2.75) is 31.3 Å². The van der Waals surface area contributed by atoms with Crippen LogP contribution in [0.25, 0.3) is 10.2 Å². The number of aromatic amines is 1. The summed E-state index contributed by atoms with van der Waals surface area (Å²) in [7, 11) is 0. The number of thiophene rings is 1. The zero-order valence-electron chi connectivity index (χ0n) is 11.1. The molecule has 0 aliphatic heterocycles. The number of hydrogen-bond donors (Lipinski definition) is 2. The summed E-state index contributed by atoms with van der Waals surface area (Å²) in [6, 6.07) is 0. The molecule has 3 N–H and O–H groups in total. The van der Waals surface area contributed by atoms with Crippen LogP contribution in [0.2, 0.25) is 0 Å². The lowest BCUT2D eigenvalue weighted by Gasteiger charge is -2.17. The summed E-state index contributed by atoms with van der Waals surface area (Å²) >= 11 is 2.77. The Hall–Kier alpha value is -1.34. The van der Waals surface area contributed by atoms with Gasteiger partial charge in [0.05, 0.1) is 11.1 Å². The molecule has 1 atom stereocenters. The number of nitrogens with two attached hydrogens (primary N) is 1. The van der Waals surface area contributed by atoms with E-state index in [0.29, 0.717) is 11.1 Å². The molecule has 106 valence electrons. The SMILES string of the molecule is CC1CCc2c(sc3nc(SCC(N)=O)[nH]c(=O)c23)C1. The van der Waals surface area contributed by atoms with Crippen LogP contribution in [-0.2, 0) is 17.6 Å². The number of fused-ring (bicyclic) bond motifs is 3. The number of nitrogens with zero attached hydrogens (tertiary/aromatic N) is 1. The number of rotatable bonds is 3. The average molecular weight is 309 g/mol. The number of amides is 1. The normalized spacial score (nSPS) is 18.1. The van der Waals surface area contributed by atoms with Crippen LogP contribution in [0, 0.1) is 5.92 Å². The van der Waals surface area contributed by atoms with E-state index in [1.807, 2.05) is 0 Å². The lowest BCUT2D eigenvalue weighted by Crippen LogP contribution is -2.15. The first kappa shape index (κ1) is 13.6. The first-order valence-corrected chi connectivity index (χ1v) is 8.30. The third-order valence-corrected chi connectivity index (χ3v) is 5.54. The molecule has 5 nitrogen and oxygen atoms in total. The fourth-order valence-electron chi connectivity index (χ4n) is 2.54. The Labute approximate surface area is 124 Å². The number of carbonyl (C=O) groups excluding carboxylic acids is 1. The molecule has 0 radical (unpaired) electrons. The van der Waals surface area contributed by atoms with Gasteiger partial charge in [0.2, 0.25) is 5.91 Å². The molecule has 1 amide bonds. The summed E-state index contributed by atoms with van der Waals surface area (Å²) in [5.74, 6) is 0.367. The number of thioether (sulfide) groups is 1. The van der Waals surface area contributed by atoms with Crippen LogP contribution in [-0.4, -0.2) is 21.6 Å². The fraction of sp³-hybridized carbons (Fsp3) is 0.462. The molecule has 0 saturated heterocycles. The van der Waals surface area contributed by atoms with Crippen LogP contribution in [0.5, 0.6) is 0 Å². The van der Waals surface area contributed by atoms with E-state index in [4.69, 9.17) is 5.73 Å². The van der Waals surface area contributed by atoms with E-state index in [2.05, 4.69) is 16.9 Å². The van der Waals surface area contributed by atoms with Crippen molar-refractivity contribution >= 4 is 39.2 Å². The molecule has 1 aliphatic carbocycles. The third-order valence-electron chi connectivity index (χ3n) is 3.49. The van der Waals surface area contributed by atoms with E-state index >= 15 is 0 Å². The number of aryl methyl sites for hydroxylation is 1. The zero-order valence-corrected chi connectivity index (χ0v) is 12.7. The first-order chi connectivity index (χ1) is 9.54. The van der Waals surface area contributed by atoms with Gasteiger partial charge in [-0.1, -0.05) is 18.7 Å². The Balaban J connectivity index is 2.05. The predicted octanol–water partition coefficient (Wildman–Crippen LogP) is 1.69. The Bertz CT molecular complexity index is 735. The van der Waals surface area contributed by atoms with Gasteiger partial charge in [-0.2, -0.15) is 0 Å². The number of H-pyrrole nitrogens is 1. The smallest absolute Gasteiger partial charge is 0.260 e. The van der Waals surface area contributed by atoms with Gasteiger partial charge in [-0.15, -0.1) is 11.3 Å². The Morgan fingerprint density at radius 2 is 2.40 bits per heavy atom. The van der Waals surface area contributed by atoms with Crippen molar-refractivity contribution in [2.75, 3.05) is 5.75 Å². The molecular formula is C13H15N3O2S2. The van der Waals surface area contributed by atoms with Gasteiger partial charge in [-0.25, -0.2) is 4.98 Å². The van der Waals surface area contributed by atoms with Gasteiger partial charge < -0.3 is 10.7 Å². The standard InChI is InChI=1S/C13H15N3O2S2/c1-6-2-3-7-8(4-6)20-12-10(7)11(18)15-13(16-12)19-5-9(14)17/h6H,2-5H2,1H3,(H2,14,17)(H,15,16,18). The number of primary amides is 1. The second-order valence-corrected chi connectivity index (χ2v) is 7.21. The van der Waals surface area contributed by atoms with Crippen LogP contribution in [0.1, 0.15) is 23.8 Å². The van der Waals surface area contributed by atoms with Crippen molar-refractivity contribution in [2.24, 2.45) is 11.7 Å². The number of aromatic nitrogens is 2. The largest absolute Gasteiger partial charge is 0.369 e. The highest BCUT2D eigenvalue weighted by molar-refractivity contribution is 7.99. The van der Waals surface area contributed by atoms with Crippen LogP contribution in [0.15, 0.2) is 9.95 Å². The summed E-state index contributed by atoms with van der Waals surface area (Å²) in [4.78, 5) is 32.3. The highest BCUT2D eigenvalue weighted by Crippen LogP contribution is 2.35. The van der Waals surface area contributed by atoms with Crippen molar-refractivity contribution < 1.29 is 4.79 Å². The van der Waals surface area contributed by atoms with Crippen molar-refractivity contribution in [3.8, 4) is 0 Å². The van der Waals surface area contributed by atoms with E-state index in [0.717, 1.165) is 29.5 Å². The topological polar surface area (TPSA) is 88.8 Å². The Morgan fingerprint density at radius 3 is 3.15 bits per heavy atom. The molecule has 2 heterocycles. The molecular weight excluding hydrogens is 294 g/mol. The number of hydrogen-bond acceptors (Lipinski definition) is 5. The van der Waals surface area contributed by atoms with Crippen LogP contribution in [0.3, 0.4) is 0 Å². The maximum atomic E-state index is 12.2. The van der Waals surface area contributed by atoms with Crippen molar-refractivity contribution in [3.05, 3.63) is 20.8 Å². The van der Waals surface area contributed by atoms with Gasteiger partial charge in [-0.05, 0) is 30.7 Å². The van der Waals surface area contributed by atoms with Crippen molar-refractivity contribution in [3.63, 3.8) is 0 Å². The lowest BCUT2D eigenvalue weighted by atomic mass is 9.89. The Morgan fingerprint density at radius 1 is 1.60 bits per heavy atom. The van der Waals surface area contributed by atoms with E-state index in [9.17, 15) is 9.59 Å². The molecule has 0 fully saturated rings. The van der Waals surface area contributed by atoms with Gasteiger partial charge in [0.15, 0.2) is 5.16 Å². The minimum atomic E-state index is -0.419. The molecule has 20 heavy (non-hydrogen) atoms. The summed E-state index contributed by atoms with van der Waals surface area (Å²) in [6.07, 6.45) is 3.10. The maximum absolute atomic E-state index is 12.2. The lowest BCUT2D eigenvalue weighted by molar-refractivity contribution is -0.115. The molecule has 2 aromatic rings. The van der Waals surface area contributed by atoms with E-state index in [1.165, 1.54) is 22.2 Å². The maximum Gasteiger partial charge on any atom is 0.260 e. The Kier molecular flexibility index (Phi) is 3.55. The summed E-state index contributed by atoms with van der Waals surface area (Å²) < 4.78 is 0. The quantitative estimate of drug-likeness (QED) is 0.667. The molecule has 0 bridgehead atoms. The fourth-order valence-corrected chi connectivity index (χ4v) is 4.58. The molecule has 3 rings (SSSR count). The minimum absolute atomic E-state index is 0.103. The van der Waals surface area contributed by atoms with Gasteiger partial charge >= 0.3 is 0 Å². The van der Waals surface area contributed by atoms with Crippen molar-refractivity contribution in [1.29, 1.82) is 0 Å². The average Bonchev–Trinajstić information content (AvgIpc) is 2.73. The molecule has 2 aromatic heterocycles. The second kappa shape index (κ2) is 5.21. The van der Waals surface area contributed by atoms with Crippen LogP contribution in [0.4, 0.5) is 0 Å². The summed E-state index contributed by atoms with van der Waals surface area (Å²) in [5.41, 5.74) is 6.18. The molecule has 7 heteroatoms. The molecule has 1 aliphatic rings. The monoisotopic (exact) mass is 309 g/mol. The summed E-state index contributed by atoms with van der Waals surface area (Å²) in [6.45, 7) is 2.24. The van der Waals surface area contributed by atoms with Crippen LogP contribution >= 0.6 is 23.1 Å². The highest BCUT2D eigenvalue weighted by Gasteiger charge is 2.23. The van der Waals surface area contributed by atoms with Crippen molar-refractivity contribution in [1.82, 2.24) is 9.97 Å². The van der Waals surface area contributed by atoms with Gasteiger partial charge in [0, 0.05) is 4.88 Å². The molecule has 0 spiro atoms. The van der Waals surface area contributed by atoms with E-state index < -0.39 is 5.91 Å². The summed E-state index contributed by atoms with van der Waals surface area (Å²) in [5, 5.41) is 1.20. The number of carbonyl (C=O) groups is 1. The molecule has 1 unspecified atom stereocenters. The van der Waals surface area contributed by atoms with Gasteiger partial charge in [-0.3, -0.25) is 9.59 Å². The third kappa shape index (κ3) is 2.47. The van der Waals surface area contributed by atoms with E-state index in [-0.39, 0.29) is 11.3 Å². The van der Waals surface area contributed by atoms with Crippen LogP contribution < -0.4 is 11.3 Å². The number of nitrogens with one attached hydrogen (secondary N) is 1. The minimum Gasteiger partial charge on any atom is -0.369 e. The molecule has 0 aromatic carbocycles.